The first-order valence-corrected chi connectivity index (χ1v) is 14.0. The molecule has 1 heterocycles. The molecule has 0 fully saturated rings. The molecule has 0 radical (unpaired) electrons. The summed E-state index contributed by atoms with van der Waals surface area (Å²) in [5, 5.41) is 0. The Morgan fingerprint density at radius 1 is 0.667 bits per heavy atom. The zero-order valence-corrected chi connectivity index (χ0v) is 22.5. The number of benzene rings is 2. The lowest BCUT2D eigenvalue weighted by atomic mass is 10.0. The molecule has 0 saturated heterocycles. The van der Waals surface area contributed by atoms with Gasteiger partial charge in [-0.2, -0.15) is 0 Å². The molecular formula is C32H44N2O2. The molecule has 0 aliphatic heterocycles. The van der Waals surface area contributed by atoms with Gasteiger partial charge in [-0.1, -0.05) is 95.2 Å². The molecule has 0 N–H and O–H groups in total. The van der Waals surface area contributed by atoms with Gasteiger partial charge < -0.3 is 9.47 Å². The number of unbranched alkanes of at least 4 members (excludes halogenated alkanes) is 6. The van der Waals surface area contributed by atoms with Crippen molar-refractivity contribution < 1.29 is 9.47 Å². The molecule has 0 amide bonds. The maximum absolute atomic E-state index is 5.90. The molecule has 2 aromatic carbocycles. The molecule has 0 aliphatic carbocycles. The number of rotatable bonds is 17. The molecule has 4 heteroatoms. The van der Waals surface area contributed by atoms with Crippen LogP contribution in [0, 0.1) is 0 Å². The molecule has 0 spiro atoms. The minimum Gasteiger partial charge on any atom is -0.491 e. The SMILES string of the molecule is CCCCCCC[C@@H](C)OCCOc1ccc(-c2ccc(-c3ncc(CCCCC)cn3)cc2)cc1. The predicted molar refractivity (Wildman–Crippen MR) is 150 cm³/mol. The summed E-state index contributed by atoms with van der Waals surface area (Å²) in [4.78, 5) is 9.15. The lowest BCUT2D eigenvalue weighted by Crippen LogP contribution is -2.14. The Morgan fingerprint density at radius 2 is 1.25 bits per heavy atom. The summed E-state index contributed by atoms with van der Waals surface area (Å²) >= 11 is 0. The first-order chi connectivity index (χ1) is 17.7. The molecule has 0 bridgehead atoms. The van der Waals surface area contributed by atoms with Gasteiger partial charge in [-0.3, -0.25) is 0 Å². The van der Waals surface area contributed by atoms with E-state index in [1.54, 1.807) is 0 Å². The zero-order valence-electron chi connectivity index (χ0n) is 22.5. The summed E-state index contributed by atoms with van der Waals surface area (Å²) in [5.74, 6) is 1.65. The van der Waals surface area contributed by atoms with Crippen molar-refractivity contribution in [3.8, 4) is 28.3 Å². The molecular weight excluding hydrogens is 444 g/mol. The third-order valence-electron chi connectivity index (χ3n) is 6.57. The highest BCUT2D eigenvalue weighted by atomic mass is 16.5. The van der Waals surface area contributed by atoms with Crippen molar-refractivity contribution in [2.75, 3.05) is 13.2 Å². The van der Waals surface area contributed by atoms with Crippen LogP contribution in [0.15, 0.2) is 60.9 Å². The van der Waals surface area contributed by atoms with Crippen LogP contribution in [-0.2, 0) is 11.2 Å². The Bertz CT molecular complexity index is 969. The van der Waals surface area contributed by atoms with Crippen LogP contribution in [0.5, 0.6) is 5.75 Å². The topological polar surface area (TPSA) is 44.2 Å². The van der Waals surface area contributed by atoms with Crippen LogP contribution in [0.4, 0.5) is 0 Å². The summed E-state index contributed by atoms with van der Waals surface area (Å²) in [6.07, 6.45) is 16.6. The molecule has 3 aromatic rings. The van der Waals surface area contributed by atoms with Crippen LogP contribution < -0.4 is 4.74 Å². The minimum absolute atomic E-state index is 0.301. The van der Waals surface area contributed by atoms with Crippen LogP contribution >= 0.6 is 0 Å². The molecule has 4 nitrogen and oxygen atoms in total. The van der Waals surface area contributed by atoms with Crippen LogP contribution in [0.1, 0.15) is 84.1 Å². The summed E-state index contributed by atoms with van der Waals surface area (Å²) in [5.41, 5.74) is 4.57. The van der Waals surface area contributed by atoms with Gasteiger partial charge in [0.2, 0.25) is 0 Å². The van der Waals surface area contributed by atoms with Crippen LogP contribution in [0.25, 0.3) is 22.5 Å². The second-order valence-corrected chi connectivity index (χ2v) is 9.71. The van der Waals surface area contributed by atoms with E-state index in [1.807, 2.05) is 24.5 Å². The number of aromatic nitrogens is 2. The quantitative estimate of drug-likeness (QED) is 0.178. The second kappa shape index (κ2) is 16.1. The summed E-state index contributed by atoms with van der Waals surface area (Å²) < 4.78 is 11.8. The molecule has 3 rings (SSSR count). The van der Waals surface area contributed by atoms with Crippen molar-refractivity contribution in [2.24, 2.45) is 0 Å². The molecule has 1 atom stereocenters. The smallest absolute Gasteiger partial charge is 0.159 e. The maximum atomic E-state index is 5.90. The van der Waals surface area contributed by atoms with E-state index >= 15 is 0 Å². The normalized spacial score (nSPS) is 12.0. The molecule has 36 heavy (non-hydrogen) atoms. The van der Waals surface area contributed by atoms with E-state index in [1.165, 1.54) is 56.9 Å². The van der Waals surface area contributed by atoms with E-state index in [-0.39, 0.29) is 0 Å². The fourth-order valence-electron chi connectivity index (χ4n) is 4.29. The van der Waals surface area contributed by atoms with Gasteiger partial charge in [0.1, 0.15) is 12.4 Å². The highest BCUT2D eigenvalue weighted by molar-refractivity contribution is 5.68. The highest BCUT2D eigenvalue weighted by Gasteiger charge is 2.05. The molecule has 0 unspecified atom stereocenters. The van der Waals surface area contributed by atoms with Gasteiger partial charge in [-0.15, -0.1) is 0 Å². The minimum atomic E-state index is 0.301. The number of hydrogen-bond donors (Lipinski definition) is 0. The van der Waals surface area contributed by atoms with E-state index < -0.39 is 0 Å². The predicted octanol–water partition coefficient (Wildman–Crippen LogP) is 8.69. The van der Waals surface area contributed by atoms with E-state index in [9.17, 15) is 0 Å². The van der Waals surface area contributed by atoms with E-state index in [2.05, 4.69) is 67.1 Å². The van der Waals surface area contributed by atoms with Gasteiger partial charge in [-0.05, 0) is 55.0 Å². The Kier molecular flexibility index (Phi) is 12.5. The number of ether oxygens (including phenoxy) is 2. The standard InChI is InChI=1S/C32H44N2O2/c1-4-6-8-9-11-12-26(3)35-22-23-36-31-20-18-29(19-21-31)28-14-16-30(17-15-28)32-33-24-27(25-34-32)13-10-7-5-2/h14-21,24-26H,4-13,22-23H2,1-3H3/t26-/m1/s1. The fourth-order valence-corrected chi connectivity index (χ4v) is 4.29. The maximum Gasteiger partial charge on any atom is 0.159 e. The Balaban J connectivity index is 1.41. The number of aryl methyl sites for hydroxylation is 1. The Labute approximate surface area is 218 Å². The van der Waals surface area contributed by atoms with Gasteiger partial charge in [-0.25, -0.2) is 9.97 Å². The fraction of sp³-hybridized carbons (Fsp3) is 0.500. The Hall–Kier alpha value is -2.72. The van der Waals surface area contributed by atoms with Crippen molar-refractivity contribution in [3.63, 3.8) is 0 Å². The summed E-state index contributed by atoms with van der Waals surface area (Å²) in [7, 11) is 0. The Morgan fingerprint density at radius 3 is 1.92 bits per heavy atom. The molecule has 0 saturated carbocycles. The van der Waals surface area contributed by atoms with Gasteiger partial charge in [0.25, 0.3) is 0 Å². The number of nitrogens with zero attached hydrogens (tertiary/aromatic N) is 2. The summed E-state index contributed by atoms with van der Waals surface area (Å²) in [6, 6.07) is 16.7. The average molecular weight is 489 g/mol. The van der Waals surface area contributed by atoms with Gasteiger partial charge >= 0.3 is 0 Å². The van der Waals surface area contributed by atoms with Crippen LogP contribution in [0.2, 0.25) is 0 Å². The van der Waals surface area contributed by atoms with Crippen molar-refractivity contribution >= 4 is 0 Å². The lowest BCUT2D eigenvalue weighted by molar-refractivity contribution is 0.0384. The molecule has 1 aromatic heterocycles. The number of hydrogen-bond acceptors (Lipinski definition) is 4. The molecule has 194 valence electrons. The van der Waals surface area contributed by atoms with E-state index in [4.69, 9.17) is 9.47 Å². The van der Waals surface area contributed by atoms with Gasteiger partial charge in [0.05, 0.1) is 12.7 Å². The zero-order chi connectivity index (χ0) is 25.4. The largest absolute Gasteiger partial charge is 0.491 e. The molecule has 0 aliphatic rings. The average Bonchev–Trinajstić information content (AvgIpc) is 2.92. The van der Waals surface area contributed by atoms with E-state index in [0.717, 1.165) is 41.1 Å². The summed E-state index contributed by atoms with van der Waals surface area (Å²) in [6.45, 7) is 7.84. The van der Waals surface area contributed by atoms with Crippen molar-refractivity contribution in [1.82, 2.24) is 9.97 Å². The van der Waals surface area contributed by atoms with Crippen molar-refractivity contribution in [2.45, 2.75) is 91.1 Å². The van der Waals surface area contributed by atoms with Gasteiger partial charge in [0, 0.05) is 18.0 Å². The highest BCUT2D eigenvalue weighted by Crippen LogP contribution is 2.25. The van der Waals surface area contributed by atoms with Crippen LogP contribution in [-0.4, -0.2) is 29.3 Å². The van der Waals surface area contributed by atoms with Crippen molar-refractivity contribution in [3.05, 3.63) is 66.5 Å². The third-order valence-corrected chi connectivity index (χ3v) is 6.57. The van der Waals surface area contributed by atoms with Crippen molar-refractivity contribution in [1.29, 1.82) is 0 Å². The second-order valence-electron chi connectivity index (χ2n) is 9.71. The first-order valence-electron chi connectivity index (χ1n) is 14.0. The first kappa shape index (κ1) is 27.9. The van der Waals surface area contributed by atoms with Gasteiger partial charge in [0.15, 0.2) is 5.82 Å². The van der Waals surface area contributed by atoms with Crippen LogP contribution in [0.3, 0.4) is 0 Å². The lowest BCUT2D eigenvalue weighted by Gasteiger charge is -2.13. The monoisotopic (exact) mass is 488 g/mol. The third kappa shape index (κ3) is 9.73. The van der Waals surface area contributed by atoms with E-state index in [0.29, 0.717) is 19.3 Å².